The number of carbonyl (C=O) groups is 1. The maximum absolute atomic E-state index is 13.2. The topological polar surface area (TPSA) is 47.4 Å². The van der Waals surface area contributed by atoms with Crippen LogP contribution in [0.25, 0.3) is 5.69 Å². The number of hydrogen-bond donors (Lipinski definition) is 0. The Kier molecular flexibility index (Phi) is 5.03. The molecule has 5 rings (SSSR count). The van der Waals surface area contributed by atoms with Crippen LogP contribution in [0.5, 0.6) is 5.75 Å². The fourth-order valence-corrected chi connectivity index (χ4v) is 4.83. The molecule has 0 unspecified atom stereocenters. The second-order valence-electron chi connectivity index (χ2n) is 8.34. The highest BCUT2D eigenvalue weighted by Gasteiger charge is 2.34. The van der Waals surface area contributed by atoms with E-state index in [9.17, 15) is 4.79 Å². The van der Waals surface area contributed by atoms with Gasteiger partial charge < -0.3 is 9.64 Å². The number of fused-ring (bicyclic) bond motifs is 1. The Hall–Kier alpha value is -3.08. The minimum absolute atomic E-state index is 0.190. The highest BCUT2D eigenvalue weighted by atomic mass is 16.5. The van der Waals surface area contributed by atoms with Crippen molar-refractivity contribution in [2.75, 3.05) is 7.11 Å². The summed E-state index contributed by atoms with van der Waals surface area (Å²) in [6.45, 7) is 0.716. The van der Waals surface area contributed by atoms with Crippen molar-refractivity contribution in [3.05, 3.63) is 77.1 Å². The molecular weight excluding hydrogens is 374 g/mol. The van der Waals surface area contributed by atoms with Gasteiger partial charge in [0.1, 0.15) is 5.75 Å². The number of rotatable bonds is 5. The van der Waals surface area contributed by atoms with Crippen molar-refractivity contribution in [2.45, 2.75) is 51.1 Å². The first-order chi connectivity index (χ1) is 14.7. The van der Waals surface area contributed by atoms with Gasteiger partial charge in [-0.2, -0.15) is 5.10 Å². The lowest BCUT2D eigenvalue weighted by Gasteiger charge is -2.30. The van der Waals surface area contributed by atoms with Crippen LogP contribution in [-0.2, 0) is 13.0 Å². The van der Waals surface area contributed by atoms with Crippen LogP contribution in [0.3, 0.4) is 0 Å². The van der Waals surface area contributed by atoms with Crippen LogP contribution in [0.1, 0.15) is 59.2 Å². The molecule has 1 saturated carbocycles. The first kappa shape index (κ1) is 18.9. The van der Waals surface area contributed by atoms with Crippen molar-refractivity contribution in [1.29, 1.82) is 0 Å². The molecule has 1 fully saturated rings. The summed E-state index contributed by atoms with van der Waals surface area (Å²) in [6.07, 6.45) is 10.5. The van der Waals surface area contributed by atoms with Gasteiger partial charge >= 0.3 is 0 Å². The highest BCUT2D eigenvalue weighted by Crippen LogP contribution is 2.35. The summed E-state index contributed by atoms with van der Waals surface area (Å²) >= 11 is 0. The quantitative estimate of drug-likeness (QED) is 0.619. The van der Waals surface area contributed by atoms with E-state index in [1.54, 1.807) is 13.3 Å². The summed E-state index contributed by atoms with van der Waals surface area (Å²) in [5, 5.41) is 4.28. The molecule has 3 aromatic rings. The molecule has 1 aliphatic carbocycles. The third-order valence-electron chi connectivity index (χ3n) is 6.45. The fraction of sp³-hybridized carbons (Fsp3) is 0.360. The van der Waals surface area contributed by atoms with E-state index in [4.69, 9.17) is 4.74 Å². The summed E-state index contributed by atoms with van der Waals surface area (Å²) in [7, 11) is 1.71. The Balaban J connectivity index is 1.39. The molecule has 2 heterocycles. The van der Waals surface area contributed by atoms with Gasteiger partial charge in [0.25, 0.3) is 5.91 Å². The van der Waals surface area contributed by atoms with Crippen LogP contribution in [0, 0.1) is 0 Å². The minimum atomic E-state index is 0.190. The standard InChI is InChI=1S/C25H27N3O2/c1-30-24-16-20-17-27(21-6-3-2-4-7-21)25(29)23(20)15-19(24)14-18-8-10-22(11-9-18)28-13-5-12-26-28/h5,8-13,15-16,21H,2-4,6-7,14,17H2,1H3. The average Bonchev–Trinajstić information content (AvgIpc) is 3.43. The number of ether oxygens (including phenoxy) is 1. The van der Waals surface area contributed by atoms with Crippen LogP contribution < -0.4 is 4.74 Å². The summed E-state index contributed by atoms with van der Waals surface area (Å²) < 4.78 is 7.54. The Morgan fingerprint density at radius 3 is 2.60 bits per heavy atom. The molecule has 0 spiro atoms. The largest absolute Gasteiger partial charge is 0.496 e. The Morgan fingerprint density at radius 2 is 1.90 bits per heavy atom. The molecule has 30 heavy (non-hydrogen) atoms. The first-order valence-electron chi connectivity index (χ1n) is 10.8. The van der Waals surface area contributed by atoms with Crippen LogP contribution in [0.4, 0.5) is 0 Å². The van der Waals surface area contributed by atoms with Gasteiger partial charge in [0.2, 0.25) is 0 Å². The number of benzene rings is 2. The van der Waals surface area contributed by atoms with Crippen molar-refractivity contribution < 1.29 is 9.53 Å². The molecule has 0 radical (unpaired) electrons. The zero-order valence-corrected chi connectivity index (χ0v) is 17.4. The zero-order valence-electron chi connectivity index (χ0n) is 17.4. The van der Waals surface area contributed by atoms with Gasteiger partial charge in [-0.3, -0.25) is 4.79 Å². The van der Waals surface area contributed by atoms with E-state index < -0.39 is 0 Å². The summed E-state index contributed by atoms with van der Waals surface area (Å²) in [5.41, 5.74) is 5.22. The van der Waals surface area contributed by atoms with E-state index >= 15 is 0 Å². The van der Waals surface area contributed by atoms with Gasteiger partial charge in [0, 0.05) is 37.0 Å². The lowest BCUT2D eigenvalue weighted by atomic mass is 9.94. The molecule has 154 valence electrons. The molecule has 1 aromatic heterocycles. The predicted molar refractivity (Wildman–Crippen MR) is 116 cm³/mol. The summed E-state index contributed by atoms with van der Waals surface area (Å²) in [5.74, 6) is 1.05. The van der Waals surface area contributed by atoms with Gasteiger partial charge in [0.05, 0.1) is 12.8 Å². The Morgan fingerprint density at radius 1 is 1.10 bits per heavy atom. The molecule has 5 heteroatoms. The van der Waals surface area contributed by atoms with E-state index in [1.165, 1.54) is 24.8 Å². The number of aromatic nitrogens is 2. The molecule has 2 aromatic carbocycles. The van der Waals surface area contributed by atoms with Crippen LogP contribution in [0.2, 0.25) is 0 Å². The molecule has 0 atom stereocenters. The second kappa shape index (κ2) is 7.98. The van der Waals surface area contributed by atoms with Gasteiger partial charge in [-0.15, -0.1) is 0 Å². The van der Waals surface area contributed by atoms with Crippen molar-refractivity contribution in [3.63, 3.8) is 0 Å². The van der Waals surface area contributed by atoms with Crippen molar-refractivity contribution in [3.8, 4) is 11.4 Å². The molecule has 0 N–H and O–H groups in total. The van der Waals surface area contributed by atoms with Crippen molar-refractivity contribution in [2.24, 2.45) is 0 Å². The van der Waals surface area contributed by atoms with E-state index in [0.29, 0.717) is 12.6 Å². The van der Waals surface area contributed by atoms with Crippen LogP contribution in [-0.4, -0.2) is 33.7 Å². The molecule has 0 bridgehead atoms. The predicted octanol–water partition coefficient (Wildman–Crippen LogP) is 4.76. The smallest absolute Gasteiger partial charge is 0.254 e. The molecule has 5 nitrogen and oxygen atoms in total. The van der Waals surface area contributed by atoms with Gasteiger partial charge in [-0.05, 0) is 59.9 Å². The number of hydrogen-bond acceptors (Lipinski definition) is 3. The fourth-order valence-electron chi connectivity index (χ4n) is 4.83. The number of methoxy groups -OCH3 is 1. The Bertz CT molecular complexity index is 1040. The van der Waals surface area contributed by atoms with Crippen molar-refractivity contribution in [1.82, 2.24) is 14.7 Å². The minimum Gasteiger partial charge on any atom is -0.496 e. The SMILES string of the molecule is COc1cc2c(cc1Cc1ccc(-n3cccn3)cc1)C(=O)N(C1CCCCC1)C2. The third kappa shape index (κ3) is 3.49. The van der Waals surface area contributed by atoms with Crippen molar-refractivity contribution >= 4 is 5.91 Å². The average molecular weight is 402 g/mol. The summed E-state index contributed by atoms with van der Waals surface area (Å²) in [4.78, 5) is 15.2. The molecular formula is C25H27N3O2. The van der Waals surface area contributed by atoms with Crippen LogP contribution in [0.15, 0.2) is 54.9 Å². The van der Waals surface area contributed by atoms with E-state index in [0.717, 1.165) is 47.4 Å². The van der Waals surface area contributed by atoms with Gasteiger partial charge in [-0.1, -0.05) is 31.4 Å². The second-order valence-corrected chi connectivity index (χ2v) is 8.34. The Labute approximate surface area is 177 Å². The number of amides is 1. The van der Waals surface area contributed by atoms with E-state index in [2.05, 4.69) is 46.4 Å². The molecule has 1 amide bonds. The lowest BCUT2D eigenvalue weighted by Crippen LogP contribution is -2.36. The highest BCUT2D eigenvalue weighted by molar-refractivity contribution is 5.99. The number of carbonyl (C=O) groups excluding carboxylic acids is 1. The maximum atomic E-state index is 13.2. The van der Waals surface area contributed by atoms with E-state index in [-0.39, 0.29) is 5.91 Å². The summed E-state index contributed by atoms with van der Waals surface area (Å²) in [6, 6.07) is 14.8. The molecule has 0 saturated heterocycles. The first-order valence-corrected chi connectivity index (χ1v) is 10.8. The third-order valence-corrected chi connectivity index (χ3v) is 6.45. The monoisotopic (exact) mass is 401 g/mol. The molecule has 2 aliphatic rings. The normalized spacial score (nSPS) is 16.7. The van der Waals surface area contributed by atoms with Gasteiger partial charge in [-0.25, -0.2) is 4.68 Å². The van der Waals surface area contributed by atoms with Gasteiger partial charge in [0.15, 0.2) is 0 Å². The van der Waals surface area contributed by atoms with Crippen LogP contribution >= 0.6 is 0 Å². The maximum Gasteiger partial charge on any atom is 0.254 e. The number of nitrogens with zero attached hydrogens (tertiary/aromatic N) is 3. The van der Waals surface area contributed by atoms with E-state index in [1.807, 2.05) is 16.9 Å². The lowest BCUT2D eigenvalue weighted by molar-refractivity contribution is 0.0660. The molecule has 1 aliphatic heterocycles. The zero-order chi connectivity index (χ0) is 20.5.